The molecule has 6 heteroatoms. The summed E-state index contributed by atoms with van der Waals surface area (Å²) in [5.41, 5.74) is 0.516. The first-order chi connectivity index (χ1) is 10.6. The number of halogens is 2. The lowest BCUT2D eigenvalue weighted by atomic mass is 9.99. The molecule has 2 fully saturated rings. The fourth-order valence-corrected chi connectivity index (χ4v) is 3.35. The minimum atomic E-state index is -2.81. The van der Waals surface area contributed by atoms with Crippen molar-refractivity contribution in [2.75, 3.05) is 26.3 Å². The molecule has 0 aromatic heterocycles. The fraction of sp³-hybridized carbons (Fsp3) is 0.625. The number of ether oxygens (including phenoxy) is 3. The van der Waals surface area contributed by atoms with Crippen molar-refractivity contribution in [1.29, 1.82) is 0 Å². The molecule has 0 aliphatic carbocycles. The van der Waals surface area contributed by atoms with Crippen LogP contribution >= 0.6 is 0 Å². The summed E-state index contributed by atoms with van der Waals surface area (Å²) >= 11 is 0. The van der Waals surface area contributed by atoms with Crippen molar-refractivity contribution in [3.8, 4) is 5.75 Å². The molecular weight excluding hydrogens is 292 g/mol. The summed E-state index contributed by atoms with van der Waals surface area (Å²) in [5, 5.41) is 0. The number of para-hydroxylation sites is 1. The van der Waals surface area contributed by atoms with Crippen molar-refractivity contribution >= 4 is 0 Å². The van der Waals surface area contributed by atoms with Gasteiger partial charge in [0.1, 0.15) is 11.4 Å². The molecule has 0 saturated carbocycles. The summed E-state index contributed by atoms with van der Waals surface area (Å²) in [5.74, 6) is 0.244. The Morgan fingerprint density at radius 3 is 2.95 bits per heavy atom. The summed E-state index contributed by atoms with van der Waals surface area (Å²) in [6.07, 6.45) is 0.974. The van der Waals surface area contributed by atoms with Crippen molar-refractivity contribution < 1.29 is 23.0 Å². The molecule has 0 radical (unpaired) electrons. The molecule has 2 aliphatic rings. The molecule has 2 atom stereocenters. The number of hydrogen-bond acceptors (Lipinski definition) is 4. The maximum atomic E-state index is 12.5. The maximum absolute atomic E-state index is 12.5. The van der Waals surface area contributed by atoms with E-state index in [-0.39, 0.29) is 17.5 Å². The average Bonchev–Trinajstić information content (AvgIpc) is 2.87. The van der Waals surface area contributed by atoms with Gasteiger partial charge in [0, 0.05) is 38.2 Å². The van der Waals surface area contributed by atoms with Gasteiger partial charge in [0.15, 0.2) is 0 Å². The third-order valence-electron chi connectivity index (χ3n) is 4.13. The highest BCUT2D eigenvalue weighted by Crippen LogP contribution is 2.31. The van der Waals surface area contributed by atoms with E-state index in [1.54, 1.807) is 12.1 Å². The van der Waals surface area contributed by atoms with Crippen LogP contribution in [0.3, 0.4) is 0 Å². The van der Waals surface area contributed by atoms with Gasteiger partial charge in [0.2, 0.25) is 0 Å². The first-order valence-corrected chi connectivity index (χ1v) is 7.57. The Kier molecular flexibility index (Phi) is 4.61. The van der Waals surface area contributed by atoms with Gasteiger partial charge < -0.3 is 14.2 Å². The van der Waals surface area contributed by atoms with Crippen molar-refractivity contribution in [2.45, 2.75) is 38.2 Å². The van der Waals surface area contributed by atoms with Gasteiger partial charge in [-0.25, -0.2) is 0 Å². The van der Waals surface area contributed by atoms with Gasteiger partial charge in [-0.3, -0.25) is 4.90 Å². The molecule has 2 heterocycles. The minimum Gasteiger partial charge on any atom is -0.434 e. The van der Waals surface area contributed by atoms with E-state index in [1.165, 1.54) is 0 Å². The van der Waals surface area contributed by atoms with E-state index >= 15 is 0 Å². The van der Waals surface area contributed by atoms with Crippen LogP contribution in [0, 0.1) is 0 Å². The monoisotopic (exact) mass is 313 g/mol. The largest absolute Gasteiger partial charge is 0.434 e. The normalized spacial score (nSPS) is 29.4. The van der Waals surface area contributed by atoms with Gasteiger partial charge in [-0.15, -0.1) is 0 Å². The second-order valence-electron chi connectivity index (χ2n) is 6.07. The molecule has 0 unspecified atom stereocenters. The van der Waals surface area contributed by atoms with E-state index < -0.39 is 6.61 Å². The molecule has 122 valence electrons. The summed E-state index contributed by atoms with van der Waals surface area (Å²) in [7, 11) is 0. The summed E-state index contributed by atoms with van der Waals surface area (Å²) in [4.78, 5) is 2.23. The topological polar surface area (TPSA) is 30.9 Å². The molecule has 2 aliphatic heterocycles. The lowest BCUT2D eigenvalue weighted by Gasteiger charge is -2.43. The molecule has 3 rings (SSSR count). The van der Waals surface area contributed by atoms with Crippen molar-refractivity contribution in [3.63, 3.8) is 0 Å². The third kappa shape index (κ3) is 3.56. The Morgan fingerprint density at radius 2 is 2.23 bits per heavy atom. The smallest absolute Gasteiger partial charge is 0.387 e. The molecule has 1 aromatic rings. The Morgan fingerprint density at radius 1 is 1.41 bits per heavy atom. The zero-order valence-electron chi connectivity index (χ0n) is 12.6. The van der Waals surface area contributed by atoms with Crippen LogP contribution in [0.1, 0.15) is 18.9 Å². The highest BCUT2D eigenvalue weighted by molar-refractivity contribution is 5.33. The number of alkyl halides is 2. The Hall–Kier alpha value is -1.24. The fourth-order valence-electron chi connectivity index (χ4n) is 3.35. The lowest BCUT2D eigenvalue weighted by molar-refractivity contribution is -0.149. The predicted molar refractivity (Wildman–Crippen MR) is 77.1 cm³/mol. The van der Waals surface area contributed by atoms with Crippen molar-refractivity contribution in [3.05, 3.63) is 29.8 Å². The van der Waals surface area contributed by atoms with Crippen LogP contribution in [-0.4, -0.2) is 49.5 Å². The Labute approximate surface area is 129 Å². The number of hydrogen-bond donors (Lipinski definition) is 0. The number of benzene rings is 1. The lowest BCUT2D eigenvalue weighted by Crippen LogP contribution is -2.55. The van der Waals surface area contributed by atoms with Crippen LogP contribution in [0.25, 0.3) is 0 Å². The highest BCUT2D eigenvalue weighted by atomic mass is 19.3. The van der Waals surface area contributed by atoms with E-state index in [2.05, 4.69) is 9.64 Å². The summed E-state index contributed by atoms with van der Waals surface area (Å²) in [6, 6.07) is 6.96. The quantitative estimate of drug-likeness (QED) is 0.855. The number of rotatable bonds is 4. The molecule has 1 aromatic carbocycles. The van der Waals surface area contributed by atoms with Crippen LogP contribution in [-0.2, 0) is 16.0 Å². The minimum absolute atomic E-state index is 0.0960. The van der Waals surface area contributed by atoms with E-state index in [1.807, 2.05) is 19.1 Å². The first kappa shape index (κ1) is 15.6. The standard InChI is InChI=1S/C16H21F2NO3/c1-12-8-19(10-16(22-12)6-7-20-11-16)9-13-4-2-3-5-14(13)21-15(17)18/h2-5,12,15H,6-11H2,1H3/t12-,16+/m0/s1. The van der Waals surface area contributed by atoms with Gasteiger partial charge in [-0.1, -0.05) is 18.2 Å². The van der Waals surface area contributed by atoms with Crippen LogP contribution in [0.4, 0.5) is 8.78 Å². The molecule has 0 bridgehead atoms. The van der Waals surface area contributed by atoms with Crippen LogP contribution in [0.15, 0.2) is 24.3 Å². The van der Waals surface area contributed by atoms with Gasteiger partial charge >= 0.3 is 6.61 Å². The van der Waals surface area contributed by atoms with Crippen LogP contribution < -0.4 is 4.74 Å². The van der Waals surface area contributed by atoms with E-state index in [0.29, 0.717) is 19.8 Å². The van der Waals surface area contributed by atoms with Gasteiger partial charge in [-0.05, 0) is 13.0 Å². The second kappa shape index (κ2) is 6.48. The van der Waals surface area contributed by atoms with Crippen molar-refractivity contribution in [1.82, 2.24) is 4.90 Å². The predicted octanol–water partition coefficient (Wildman–Crippen LogP) is 2.67. The van der Waals surface area contributed by atoms with Crippen LogP contribution in [0.2, 0.25) is 0 Å². The summed E-state index contributed by atoms with van der Waals surface area (Å²) < 4.78 is 41.2. The highest BCUT2D eigenvalue weighted by Gasteiger charge is 2.42. The maximum Gasteiger partial charge on any atom is 0.387 e. The first-order valence-electron chi connectivity index (χ1n) is 7.57. The Balaban J connectivity index is 1.72. The van der Waals surface area contributed by atoms with Crippen molar-refractivity contribution in [2.24, 2.45) is 0 Å². The number of morpholine rings is 1. The van der Waals surface area contributed by atoms with Gasteiger partial charge in [-0.2, -0.15) is 8.78 Å². The average molecular weight is 313 g/mol. The molecule has 22 heavy (non-hydrogen) atoms. The zero-order valence-corrected chi connectivity index (χ0v) is 12.6. The van der Waals surface area contributed by atoms with E-state index in [0.717, 1.165) is 25.1 Å². The zero-order chi connectivity index (χ0) is 15.6. The van der Waals surface area contributed by atoms with E-state index in [9.17, 15) is 8.78 Å². The summed E-state index contributed by atoms with van der Waals surface area (Å²) in [6.45, 7) is 2.63. The van der Waals surface area contributed by atoms with Crippen LogP contribution in [0.5, 0.6) is 5.75 Å². The van der Waals surface area contributed by atoms with Gasteiger partial charge in [0.25, 0.3) is 0 Å². The Bertz CT molecular complexity index is 506. The number of nitrogens with zero attached hydrogens (tertiary/aromatic N) is 1. The second-order valence-corrected chi connectivity index (χ2v) is 6.07. The molecular formula is C16H21F2NO3. The van der Waals surface area contributed by atoms with Gasteiger partial charge in [0.05, 0.1) is 12.7 Å². The SMILES string of the molecule is C[C@H]1CN(Cc2ccccc2OC(F)F)C[C@@]2(CCOC2)O1. The third-order valence-corrected chi connectivity index (χ3v) is 4.13. The molecule has 0 amide bonds. The molecule has 1 spiro atoms. The molecule has 0 N–H and O–H groups in total. The van der Waals surface area contributed by atoms with E-state index in [4.69, 9.17) is 9.47 Å². The molecule has 2 saturated heterocycles. The molecule has 4 nitrogen and oxygen atoms in total.